The minimum absolute atomic E-state index is 0.0376. The van der Waals surface area contributed by atoms with E-state index in [1.54, 1.807) is 12.1 Å². The fourth-order valence-corrected chi connectivity index (χ4v) is 3.45. The number of carboxylic acids is 1. The Hall–Kier alpha value is -4.60. The van der Waals surface area contributed by atoms with Crippen molar-refractivity contribution in [3.8, 4) is 17.1 Å². The SMILES string of the molecule is O=C(O)c1cnn(-c2nc3cnn(Cc4ccc(-c5ccccc5)c(F)c4)c3c(=O)[nH]2)c1. The zero-order chi connectivity index (χ0) is 22.2. The molecule has 0 amide bonds. The second kappa shape index (κ2) is 7.58. The first kappa shape index (κ1) is 19.4. The second-order valence-corrected chi connectivity index (χ2v) is 7.08. The van der Waals surface area contributed by atoms with Gasteiger partial charge < -0.3 is 5.11 Å². The maximum absolute atomic E-state index is 14.7. The Morgan fingerprint density at radius 2 is 1.91 bits per heavy atom. The largest absolute Gasteiger partial charge is 0.478 e. The third kappa shape index (κ3) is 3.43. The van der Waals surface area contributed by atoms with E-state index in [2.05, 4.69) is 20.2 Å². The standard InChI is InChI=1S/C22H15FN6O3/c23-17-8-13(6-7-16(17)14-4-2-1-3-5-14)11-28-19-18(10-25-28)26-22(27-20(19)30)29-12-15(9-24-29)21(31)32/h1-10,12H,11H2,(H,31,32)(H,26,27,30). The molecule has 0 saturated heterocycles. The Morgan fingerprint density at radius 3 is 2.62 bits per heavy atom. The molecule has 0 radical (unpaired) electrons. The minimum atomic E-state index is -1.14. The van der Waals surface area contributed by atoms with Gasteiger partial charge in [-0.1, -0.05) is 42.5 Å². The molecule has 5 rings (SSSR count). The van der Waals surface area contributed by atoms with Crippen molar-refractivity contribution in [2.24, 2.45) is 0 Å². The predicted octanol–water partition coefficient (Wildman–Crippen LogP) is 2.86. The summed E-state index contributed by atoms with van der Waals surface area (Å²) in [6.45, 7) is 0.171. The number of nitrogens with one attached hydrogen (secondary N) is 1. The van der Waals surface area contributed by atoms with Crippen molar-refractivity contribution >= 4 is 17.0 Å². The molecule has 0 spiro atoms. The fourth-order valence-electron chi connectivity index (χ4n) is 3.45. The molecule has 2 N–H and O–H groups in total. The number of halogens is 1. The van der Waals surface area contributed by atoms with E-state index in [4.69, 9.17) is 5.11 Å². The zero-order valence-electron chi connectivity index (χ0n) is 16.4. The molecule has 158 valence electrons. The first-order valence-corrected chi connectivity index (χ1v) is 9.57. The highest BCUT2D eigenvalue weighted by Crippen LogP contribution is 2.24. The van der Waals surface area contributed by atoms with Crippen molar-refractivity contribution in [2.75, 3.05) is 0 Å². The summed E-state index contributed by atoms with van der Waals surface area (Å²) >= 11 is 0. The molecule has 0 unspecified atom stereocenters. The Labute approximate surface area is 179 Å². The molecular formula is C22H15FN6O3. The number of hydrogen-bond donors (Lipinski definition) is 2. The Bertz CT molecular complexity index is 1520. The van der Waals surface area contributed by atoms with Crippen molar-refractivity contribution in [1.29, 1.82) is 0 Å². The van der Waals surface area contributed by atoms with Gasteiger partial charge in [0.25, 0.3) is 5.56 Å². The van der Waals surface area contributed by atoms with E-state index in [-0.39, 0.29) is 29.4 Å². The van der Waals surface area contributed by atoms with Crippen molar-refractivity contribution < 1.29 is 14.3 Å². The van der Waals surface area contributed by atoms with Gasteiger partial charge >= 0.3 is 5.97 Å². The van der Waals surface area contributed by atoms with E-state index in [1.807, 2.05) is 30.3 Å². The van der Waals surface area contributed by atoms with Crippen LogP contribution in [0, 0.1) is 5.82 Å². The number of H-pyrrole nitrogens is 1. The van der Waals surface area contributed by atoms with Crippen LogP contribution in [0.5, 0.6) is 0 Å². The van der Waals surface area contributed by atoms with Gasteiger partial charge in [-0.15, -0.1) is 0 Å². The Balaban J connectivity index is 1.47. The molecule has 9 nitrogen and oxygen atoms in total. The van der Waals surface area contributed by atoms with Crippen molar-refractivity contribution in [2.45, 2.75) is 6.54 Å². The van der Waals surface area contributed by atoms with Crippen LogP contribution in [0.2, 0.25) is 0 Å². The molecular weight excluding hydrogens is 415 g/mol. The second-order valence-electron chi connectivity index (χ2n) is 7.08. The lowest BCUT2D eigenvalue weighted by molar-refractivity contribution is 0.0697. The van der Waals surface area contributed by atoms with Gasteiger partial charge in [-0.3, -0.25) is 14.5 Å². The average molecular weight is 430 g/mol. The monoisotopic (exact) mass is 430 g/mol. The zero-order valence-corrected chi connectivity index (χ0v) is 16.4. The van der Waals surface area contributed by atoms with Crippen LogP contribution in [-0.2, 0) is 6.54 Å². The molecule has 0 aliphatic rings. The van der Waals surface area contributed by atoms with Crippen LogP contribution in [-0.4, -0.2) is 40.6 Å². The van der Waals surface area contributed by atoms with Gasteiger partial charge in [0, 0.05) is 11.8 Å². The van der Waals surface area contributed by atoms with Crippen LogP contribution in [0.25, 0.3) is 28.1 Å². The van der Waals surface area contributed by atoms with Crippen LogP contribution in [0.4, 0.5) is 4.39 Å². The van der Waals surface area contributed by atoms with Crippen LogP contribution in [0.3, 0.4) is 0 Å². The molecule has 32 heavy (non-hydrogen) atoms. The number of carboxylic acid groups (broad SMARTS) is 1. The van der Waals surface area contributed by atoms with Crippen molar-refractivity contribution in [3.05, 3.63) is 94.4 Å². The van der Waals surface area contributed by atoms with Gasteiger partial charge in [0.05, 0.1) is 24.5 Å². The average Bonchev–Trinajstić information content (AvgIpc) is 3.43. The highest BCUT2D eigenvalue weighted by Gasteiger charge is 2.15. The molecule has 5 aromatic rings. The van der Waals surface area contributed by atoms with Gasteiger partial charge in [-0.25, -0.2) is 18.9 Å². The summed E-state index contributed by atoms with van der Waals surface area (Å²) in [6.07, 6.45) is 3.82. The van der Waals surface area contributed by atoms with Gasteiger partial charge in [-0.2, -0.15) is 10.2 Å². The molecule has 0 aliphatic carbocycles. The summed E-state index contributed by atoms with van der Waals surface area (Å²) in [4.78, 5) is 30.6. The normalized spacial score (nSPS) is 11.2. The van der Waals surface area contributed by atoms with E-state index in [1.165, 1.54) is 27.8 Å². The van der Waals surface area contributed by atoms with Gasteiger partial charge in [-0.05, 0) is 17.2 Å². The molecule has 0 aliphatic heterocycles. The molecule has 0 atom stereocenters. The molecule has 2 aromatic carbocycles. The quantitative estimate of drug-likeness (QED) is 0.443. The van der Waals surface area contributed by atoms with Gasteiger partial charge in [0.2, 0.25) is 5.95 Å². The lowest BCUT2D eigenvalue weighted by Crippen LogP contribution is -2.17. The maximum Gasteiger partial charge on any atom is 0.338 e. The number of aromatic carboxylic acids is 1. The highest BCUT2D eigenvalue weighted by molar-refractivity contribution is 5.87. The lowest BCUT2D eigenvalue weighted by atomic mass is 10.0. The number of rotatable bonds is 5. The smallest absolute Gasteiger partial charge is 0.338 e. The van der Waals surface area contributed by atoms with E-state index < -0.39 is 11.5 Å². The molecule has 0 saturated carbocycles. The van der Waals surface area contributed by atoms with Crippen molar-refractivity contribution in [3.63, 3.8) is 0 Å². The summed E-state index contributed by atoms with van der Waals surface area (Å²) in [5, 5.41) is 17.2. The van der Waals surface area contributed by atoms with E-state index >= 15 is 0 Å². The van der Waals surface area contributed by atoms with Gasteiger partial charge in [0.15, 0.2) is 5.52 Å². The third-order valence-electron chi connectivity index (χ3n) is 4.98. The van der Waals surface area contributed by atoms with Crippen LogP contribution >= 0.6 is 0 Å². The number of aromatic nitrogens is 6. The number of benzene rings is 2. The summed E-state index contributed by atoms with van der Waals surface area (Å²) in [5.74, 6) is -1.45. The topological polar surface area (TPSA) is 119 Å². The Morgan fingerprint density at radius 1 is 1.09 bits per heavy atom. The summed E-state index contributed by atoms with van der Waals surface area (Å²) < 4.78 is 17.3. The molecule has 3 heterocycles. The highest BCUT2D eigenvalue weighted by atomic mass is 19.1. The first-order chi connectivity index (χ1) is 15.5. The van der Waals surface area contributed by atoms with E-state index in [0.717, 1.165) is 11.8 Å². The molecule has 0 bridgehead atoms. The minimum Gasteiger partial charge on any atom is -0.478 e. The van der Waals surface area contributed by atoms with E-state index in [9.17, 15) is 14.0 Å². The van der Waals surface area contributed by atoms with Crippen LogP contribution in [0.1, 0.15) is 15.9 Å². The number of hydrogen-bond acceptors (Lipinski definition) is 5. The first-order valence-electron chi connectivity index (χ1n) is 9.57. The van der Waals surface area contributed by atoms with Crippen LogP contribution < -0.4 is 5.56 Å². The number of fused-ring (bicyclic) bond motifs is 1. The summed E-state index contributed by atoms with van der Waals surface area (Å²) in [6, 6.07) is 14.1. The summed E-state index contributed by atoms with van der Waals surface area (Å²) in [5.41, 5.74) is 1.90. The lowest BCUT2D eigenvalue weighted by Gasteiger charge is -2.08. The maximum atomic E-state index is 14.7. The van der Waals surface area contributed by atoms with Gasteiger partial charge in [0.1, 0.15) is 11.3 Å². The molecule has 10 heteroatoms. The van der Waals surface area contributed by atoms with Crippen molar-refractivity contribution in [1.82, 2.24) is 29.5 Å². The predicted molar refractivity (Wildman–Crippen MR) is 113 cm³/mol. The number of nitrogens with zero attached hydrogens (tertiary/aromatic N) is 5. The molecule has 0 fully saturated rings. The Kier molecular flexibility index (Phi) is 4.59. The van der Waals surface area contributed by atoms with Crippen LogP contribution in [0.15, 0.2) is 71.9 Å². The van der Waals surface area contributed by atoms with E-state index in [0.29, 0.717) is 16.6 Å². The molecule has 3 aromatic heterocycles. The number of aromatic amines is 1. The fraction of sp³-hybridized carbons (Fsp3) is 0.0455. The number of carbonyl (C=O) groups is 1. The third-order valence-corrected chi connectivity index (χ3v) is 4.98. The summed E-state index contributed by atoms with van der Waals surface area (Å²) in [7, 11) is 0.